The number of anilines is 2. The quantitative estimate of drug-likeness (QED) is 0.249. The molecule has 0 atom stereocenters. The summed E-state index contributed by atoms with van der Waals surface area (Å²) in [6.45, 7) is 0.452. The van der Waals surface area contributed by atoms with Crippen LogP contribution in [0.15, 0.2) is 102 Å². The zero-order valence-corrected chi connectivity index (χ0v) is 19.7. The minimum absolute atomic E-state index is 0.162. The standard InChI is InChI=1S/C27H22BrFN2O3/c28-25-16-19(6-15-26(25)33-18-27(32)31-22-9-7-20(29)8-10-22)17-30-21-11-13-24(14-12-21)34-23-4-2-1-3-5-23/h1-16,30H,17-18H2,(H,31,32). The van der Waals surface area contributed by atoms with Crippen LogP contribution in [0.4, 0.5) is 15.8 Å². The van der Waals surface area contributed by atoms with Gasteiger partial charge in [-0.15, -0.1) is 0 Å². The van der Waals surface area contributed by atoms with Crippen molar-refractivity contribution in [1.29, 1.82) is 0 Å². The number of carbonyl (C=O) groups is 1. The minimum atomic E-state index is -0.359. The van der Waals surface area contributed by atoms with Crippen LogP contribution in [0.3, 0.4) is 0 Å². The Morgan fingerprint density at radius 1 is 0.824 bits per heavy atom. The molecule has 0 bridgehead atoms. The summed E-state index contributed by atoms with van der Waals surface area (Å²) in [5.74, 6) is 1.43. The topological polar surface area (TPSA) is 59.6 Å². The van der Waals surface area contributed by atoms with E-state index in [4.69, 9.17) is 9.47 Å². The maximum absolute atomic E-state index is 13.0. The molecule has 0 radical (unpaired) electrons. The van der Waals surface area contributed by atoms with Gasteiger partial charge in [0.1, 0.15) is 23.1 Å². The van der Waals surface area contributed by atoms with E-state index < -0.39 is 0 Å². The molecule has 172 valence electrons. The summed E-state index contributed by atoms with van der Waals surface area (Å²) < 4.78 is 25.1. The normalized spacial score (nSPS) is 10.4. The van der Waals surface area contributed by atoms with E-state index in [1.165, 1.54) is 24.3 Å². The molecule has 1 amide bonds. The van der Waals surface area contributed by atoms with E-state index in [9.17, 15) is 9.18 Å². The molecule has 4 aromatic carbocycles. The first-order chi connectivity index (χ1) is 16.5. The molecule has 0 aliphatic carbocycles. The molecular weight excluding hydrogens is 499 g/mol. The zero-order chi connectivity index (χ0) is 23.8. The highest BCUT2D eigenvalue weighted by Gasteiger charge is 2.08. The highest BCUT2D eigenvalue weighted by atomic mass is 79.9. The van der Waals surface area contributed by atoms with Gasteiger partial charge in [0, 0.05) is 17.9 Å². The first-order valence-electron chi connectivity index (χ1n) is 10.6. The van der Waals surface area contributed by atoms with Gasteiger partial charge in [-0.2, -0.15) is 0 Å². The van der Waals surface area contributed by atoms with Crippen molar-refractivity contribution in [1.82, 2.24) is 0 Å². The van der Waals surface area contributed by atoms with E-state index in [0.717, 1.165) is 27.2 Å². The average molecular weight is 521 g/mol. The molecule has 0 fully saturated rings. The van der Waals surface area contributed by atoms with Gasteiger partial charge in [0.05, 0.1) is 4.47 Å². The van der Waals surface area contributed by atoms with E-state index in [1.54, 1.807) is 0 Å². The molecule has 0 heterocycles. The third kappa shape index (κ3) is 6.83. The summed E-state index contributed by atoms with van der Waals surface area (Å²) in [7, 11) is 0. The molecule has 2 N–H and O–H groups in total. The maximum atomic E-state index is 13.0. The molecule has 0 aliphatic rings. The lowest BCUT2D eigenvalue weighted by molar-refractivity contribution is -0.118. The molecule has 0 saturated carbocycles. The Morgan fingerprint density at radius 3 is 2.21 bits per heavy atom. The Hall–Kier alpha value is -3.84. The first kappa shape index (κ1) is 23.3. The number of nitrogens with one attached hydrogen (secondary N) is 2. The predicted molar refractivity (Wildman–Crippen MR) is 135 cm³/mol. The fraction of sp³-hybridized carbons (Fsp3) is 0.0741. The van der Waals surface area contributed by atoms with Gasteiger partial charge in [-0.1, -0.05) is 24.3 Å². The van der Waals surface area contributed by atoms with Crippen LogP contribution in [0, 0.1) is 5.82 Å². The number of amides is 1. The fourth-order valence-electron chi connectivity index (χ4n) is 3.11. The smallest absolute Gasteiger partial charge is 0.262 e. The van der Waals surface area contributed by atoms with Crippen molar-refractivity contribution in [3.63, 3.8) is 0 Å². The monoisotopic (exact) mass is 520 g/mol. The van der Waals surface area contributed by atoms with Crippen LogP contribution >= 0.6 is 15.9 Å². The Kier molecular flexibility index (Phi) is 7.78. The Bertz CT molecular complexity index is 1230. The Balaban J connectivity index is 1.25. The SMILES string of the molecule is O=C(COc1ccc(CNc2ccc(Oc3ccccc3)cc2)cc1Br)Nc1ccc(F)cc1. The molecule has 0 aromatic heterocycles. The molecule has 5 nitrogen and oxygen atoms in total. The van der Waals surface area contributed by atoms with Gasteiger partial charge in [-0.3, -0.25) is 4.79 Å². The van der Waals surface area contributed by atoms with Crippen molar-refractivity contribution in [2.75, 3.05) is 17.2 Å². The average Bonchev–Trinajstić information content (AvgIpc) is 2.85. The van der Waals surface area contributed by atoms with Crippen LogP contribution in [-0.2, 0) is 11.3 Å². The Morgan fingerprint density at radius 2 is 1.50 bits per heavy atom. The Labute approximate surface area is 205 Å². The van der Waals surface area contributed by atoms with Crippen molar-refractivity contribution in [3.05, 3.63) is 113 Å². The third-order valence-electron chi connectivity index (χ3n) is 4.81. The van der Waals surface area contributed by atoms with Crippen LogP contribution in [0.5, 0.6) is 17.2 Å². The van der Waals surface area contributed by atoms with E-state index >= 15 is 0 Å². The number of hydrogen-bond donors (Lipinski definition) is 2. The van der Waals surface area contributed by atoms with Gasteiger partial charge < -0.3 is 20.1 Å². The summed E-state index contributed by atoms with van der Waals surface area (Å²) in [6.07, 6.45) is 0. The predicted octanol–water partition coefficient (Wildman–Crippen LogP) is 7.01. The van der Waals surface area contributed by atoms with Crippen molar-refractivity contribution < 1.29 is 18.7 Å². The van der Waals surface area contributed by atoms with E-state index in [2.05, 4.69) is 26.6 Å². The molecule has 7 heteroatoms. The number of para-hydroxylation sites is 1. The van der Waals surface area contributed by atoms with Gasteiger partial charge in [0.25, 0.3) is 5.91 Å². The summed E-state index contributed by atoms with van der Waals surface area (Å²) in [4.78, 5) is 12.1. The molecule has 0 saturated heterocycles. The van der Waals surface area contributed by atoms with Crippen LogP contribution < -0.4 is 20.1 Å². The summed E-state index contributed by atoms with van der Waals surface area (Å²) in [6, 6.07) is 28.6. The minimum Gasteiger partial charge on any atom is -0.483 e. The fourth-order valence-corrected chi connectivity index (χ4v) is 3.66. The molecule has 4 rings (SSSR count). The van der Waals surface area contributed by atoms with E-state index in [-0.39, 0.29) is 18.3 Å². The highest BCUT2D eigenvalue weighted by Crippen LogP contribution is 2.27. The lowest BCUT2D eigenvalue weighted by Crippen LogP contribution is -2.20. The van der Waals surface area contributed by atoms with Crippen LogP contribution in [0.2, 0.25) is 0 Å². The van der Waals surface area contributed by atoms with Crippen molar-refractivity contribution >= 4 is 33.2 Å². The second kappa shape index (κ2) is 11.3. The summed E-state index contributed by atoms with van der Waals surface area (Å²) in [5.41, 5.74) is 2.52. The van der Waals surface area contributed by atoms with Gasteiger partial charge in [-0.05, 0) is 94.3 Å². The van der Waals surface area contributed by atoms with Crippen LogP contribution in [-0.4, -0.2) is 12.5 Å². The van der Waals surface area contributed by atoms with Crippen molar-refractivity contribution in [3.8, 4) is 17.2 Å². The largest absolute Gasteiger partial charge is 0.483 e. The lowest BCUT2D eigenvalue weighted by atomic mass is 10.2. The molecule has 0 spiro atoms. The summed E-state index contributed by atoms with van der Waals surface area (Å²) in [5, 5.41) is 6.03. The van der Waals surface area contributed by atoms with E-state index in [0.29, 0.717) is 18.0 Å². The number of halogens is 2. The number of ether oxygens (including phenoxy) is 2. The summed E-state index contributed by atoms with van der Waals surface area (Å²) >= 11 is 3.50. The maximum Gasteiger partial charge on any atom is 0.262 e. The van der Waals surface area contributed by atoms with Gasteiger partial charge in [-0.25, -0.2) is 4.39 Å². The third-order valence-corrected chi connectivity index (χ3v) is 5.43. The second-order valence-corrected chi connectivity index (χ2v) is 8.26. The number of hydrogen-bond acceptors (Lipinski definition) is 4. The van der Waals surface area contributed by atoms with Crippen molar-refractivity contribution in [2.45, 2.75) is 6.54 Å². The zero-order valence-electron chi connectivity index (χ0n) is 18.1. The van der Waals surface area contributed by atoms with Gasteiger partial charge in [0.2, 0.25) is 0 Å². The van der Waals surface area contributed by atoms with Crippen molar-refractivity contribution in [2.24, 2.45) is 0 Å². The van der Waals surface area contributed by atoms with Gasteiger partial charge >= 0.3 is 0 Å². The molecule has 0 unspecified atom stereocenters. The lowest BCUT2D eigenvalue weighted by Gasteiger charge is -2.12. The molecule has 4 aromatic rings. The second-order valence-electron chi connectivity index (χ2n) is 7.40. The molecule has 0 aliphatic heterocycles. The van der Waals surface area contributed by atoms with Gasteiger partial charge in [0.15, 0.2) is 6.61 Å². The molecule has 34 heavy (non-hydrogen) atoms. The number of rotatable bonds is 9. The number of benzene rings is 4. The number of carbonyl (C=O) groups excluding carboxylic acids is 1. The highest BCUT2D eigenvalue weighted by molar-refractivity contribution is 9.10. The first-order valence-corrected chi connectivity index (χ1v) is 11.4. The molecular formula is C27H22BrFN2O3. The van der Waals surface area contributed by atoms with E-state index in [1.807, 2.05) is 72.8 Å². The van der Waals surface area contributed by atoms with Crippen LogP contribution in [0.25, 0.3) is 0 Å². The van der Waals surface area contributed by atoms with Crippen LogP contribution in [0.1, 0.15) is 5.56 Å².